The first kappa shape index (κ1) is 23.1. The number of aryl methyl sites for hydroxylation is 3. The van der Waals surface area contributed by atoms with Crippen molar-refractivity contribution in [1.29, 1.82) is 0 Å². The zero-order valence-electron chi connectivity index (χ0n) is 20.7. The molecule has 5 rings (SSSR count). The van der Waals surface area contributed by atoms with Gasteiger partial charge in [-0.3, -0.25) is 4.68 Å². The fourth-order valence-corrected chi connectivity index (χ4v) is 5.26. The number of fused-ring (bicyclic) bond motifs is 2. The molecule has 4 nitrogen and oxygen atoms in total. The molecular weight excluding hydrogens is 442 g/mol. The third-order valence-electron chi connectivity index (χ3n) is 6.91. The monoisotopic (exact) mass is 472 g/mol. The summed E-state index contributed by atoms with van der Waals surface area (Å²) in [5.41, 5.74) is 9.41. The van der Waals surface area contributed by atoms with E-state index < -0.39 is 6.43 Å². The lowest BCUT2D eigenvalue weighted by Crippen LogP contribution is -2.25. The van der Waals surface area contributed by atoms with Gasteiger partial charge in [-0.25, -0.2) is 8.78 Å². The highest BCUT2D eigenvalue weighted by Gasteiger charge is 2.26. The minimum absolute atomic E-state index is 0.0344. The first-order valence-electron chi connectivity index (χ1n) is 11.8. The average molecular weight is 473 g/mol. The van der Waals surface area contributed by atoms with Crippen LogP contribution in [0.5, 0.6) is 0 Å². The predicted octanol–water partition coefficient (Wildman–Crippen LogP) is 7.67. The van der Waals surface area contributed by atoms with Crippen molar-refractivity contribution in [3.63, 3.8) is 0 Å². The molecule has 1 aliphatic heterocycles. The predicted molar refractivity (Wildman–Crippen MR) is 141 cm³/mol. The molecule has 3 heterocycles. The molecule has 0 fully saturated rings. The Bertz CT molecular complexity index is 1490. The topological polar surface area (TPSA) is 26.0 Å². The summed E-state index contributed by atoms with van der Waals surface area (Å²) in [6.07, 6.45) is 4.74. The van der Waals surface area contributed by atoms with E-state index in [-0.39, 0.29) is 5.56 Å². The van der Waals surface area contributed by atoms with Gasteiger partial charge in [0.1, 0.15) is 0 Å². The van der Waals surface area contributed by atoms with Crippen LogP contribution in [0.4, 0.5) is 20.2 Å². The van der Waals surface area contributed by atoms with E-state index in [2.05, 4.69) is 46.1 Å². The summed E-state index contributed by atoms with van der Waals surface area (Å²) in [7, 11) is 3.83. The van der Waals surface area contributed by atoms with Gasteiger partial charge < -0.3 is 9.47 Å². The lowest BCUT2D eigenvalue weighted by atomic mass is 9.92. The maximum absolute atomic E-state index is 14.3. The zero-order chi connectivity index (χ0) is 25.0. The Morgan fingerprint density at radius 1 is 1.00 bits per heavy atom. The van der Waals surface area contributed by atoms with Gasteiger partial charge in [0, 0.05) is 72.0 Å². The Kier molecular flexibility index (Phi) is 5.62. The van der Waals surface area contributed by atoms with E-state index in [0.717, 1.165) is 69.5 Å². The van der Waals surface area contributed by atoms with Crippen LogP contribution in [0.3, 0.4) is 0 Å². The highest BCUT2D eigenvalue weighted by molar-refractivity contribution is 6.01. The summed E-state index contributed by atoms with van der Waals surface area (Å²) in [6.45, 7) is 13.2. The van der Waals surface area contributed by atoms with Crippen molar-refractivity contribution >= 4 is 33.4 Å². The van der Waals surface area contributed by atoms with Crippen LogP contribution < -0.4 is 4.90 Å². The highest BCUT2D eigenvalue weighted by Crippen LogP contribution is 2.43. The van der Waals surface area contributed by atoms with E-state index in [0.29, 0.717) is 11.1 Å². The molecule has 35 heavy (non-hydrogen) atoms. The molecule has 6 heteroatoms. The van der Waals surface area contributed by atoms with Gasteiger partial charge in [0.25, 0.3) is 6.43 Å². The fraction of sp³-hybridized carbons (Fsp3) is 0.276. The normalized spacial score (nSPS) is 13.5. The summed E-state index contributed by atoms with van der Waals surface area (Å²) in [5, 5.41) is 5.29. The number of hydrogen-bond donors (Lipinski definition) is 0. The molecule has 0 unspecified atom stereocenters. The largest absolute Gasteiger partial charge is 0.349 e. The number of halogens is 2. The van der Waals surface area contributed by atoms with Crippen LogP contribution in [0.1, 0.15) is 48.9 Å². The Morgan fingerprint density at radius 3 is 2.37 bits per heavy atom. The molecule has 0 saturated heterocycles. The molecule has 1 aliphatic rings. The van der Waals surface area contributed by atoms with Crippen LogP contribution in [0, 0.1) is 0 Å². The van der Waals surface area contributed by atoms with Crippen LogP contribution in [0.15, 0.2) is 56.0 Å². The lowest BCUT2D eigenvalue weighted by molar-refractivity contribution is 0.152. The molecule has 180 valence electrons. The quantitative estimate of drug-likeness (QED) is 0.298. The van der Waals surface area contributed by atoms with E-state index in [4.69, 9.17) is 0 Å². The molecular formula is C29H30F2N4. The molecule has 2 aromatic carbocycles. The van der Waals surface area contributed by atoms with Gasteiger partial charge in [0.05, 0.1) is 11.7 Å². The number of nitrogens with zero attached hydrogens (tertiary/aromatic N) is 4. The van der Waals surface area contributed by atoms with E-state index in [9.17, 15) is 8.78 Å². The molecule has 0 amide bonds. The standard InChI is InChI=1S/C29H30F2N4/c1-17(2)22-11-21(12-24-26(18(3)4)16-33(5)28(22)24)35-9-7-8-19-10-23(20-14-32-34(6)15-20)25(29(30)31)13-27(19)35/h10-16,29H,1,3,7-9H2,2,4-6H3. The van der Waals surface area contributed by atoms with Crippen LogP contribution in [0.2, 0.25) is 0 Å². The second-order valence-corrected chi connectivity index (χ2v) is 9.63. The Labute approximate surface area is 204 Å². The minimum Gasteiger partial charge on any atom is -0.349 e. The summed E-state index contributed by atoms with van der Waals surface area (Å²) in [6, 6.07) is 7.91. The van der Waals surface area contributed by atoms with Gasteiger partial charge in [-0.1, -0.05) is 13.2 Å². The molecule has 4 aromatic rings. The molecule has 0 bridgehead atoms. The maximum atomic E-state index is 14.3. The van der Waals surface area contributed by atoms with E-state index >= 15 is 0 Å². The van der Waals surface area contributed by atoms with Crippen molar-refractivity contribution in [2.24, 2.45) is 14.1 Å². The number of alkyl halides is 2. The zero-order valence-corrected chi connectivity index (χ0v) is 20.7. The van der Waals surface area contributed by atoms with Crippen molar-refractivity contribution < 1.29 is 8.78 Å². The summed E-state index contributed by atoms with van der Waals surface area (Å²) in [5.74, 6) is 0. The molecule has 0 saturated carbocycles. The van der Waals surface area contributed by atoms with E-state index in [1.54, 1.807) is 30.2 Å². The molecule has 2 aromatic heterocycles. The van der Waals surface area contributed by atoms with E-state index in [1.807, 2.05) is 27.0 Å². The van der Waals surface area contributed by atoms with E-state index in [1.165, 1.54) is 0 Å². The Morgan fingerprint density at radius 2 is 1.74 bits per heavy atom. The number of allylic oxidation sites excluding steroid dienone is 2. The second kappa shape index (κ2) is 8.52. The smallest absolute Gasteiger partial charge is 0.264 e. The van der Waals surface area contributed by atoms with Gasteiger partial charge in [-0.15, -0.1) is 0 Å². The first-order valence-corrected chi connectivity index (χ1v) is 11.8. The van der Waals surface area contributed by atoms with Crippen molar-refractivity contribution in [3.05, 3.63) is 78.3 Å². The average Bonchev–Trinajstić information content (AvgIpc) is 3.40. The fourth-order valence-electron chi connectivity index (χ4n) is 5.26. The number of anilines is 2. The van der Waals surface area contributed by atoms with Crippen molar-refractivity contribution in [2.75, 3.05) is 11.4 Å². The Balaban J connectivity index is 1.72. The SMILES string of the molecule is C=C(C)c1cn(C)c2c(C(=C)C)cc(N3CCCc4cc(-c5cnn(C)c5)c(C(F)F)cc43)cc12. The van der Waals surface area contributed by atoms with Crippen LogP contribution in [-0.4, -0.2) is 20.9 Å². The number of hydrogen-bond acceptors (Lipinski definition) is 2. The summed E-state index contributed by atoms with van der Waals surface area (Å²) in [4.78, 5) is 2.18. The molecule has 0 atom stereocenters. The van der Waals surface area contributed by atoms with Crippen molar-refractivity contribution in [2.45, 2.75) is 33.1 Å². The van der Waals surface area contributed by atoms with Gasteiger partial charge >= 0.3 is 0 Å². The van der Waals surface area contributed by atoms with Gasteiger partial charge in [0.15, 0.2) is 0 Å². The Hall–Kier alpha value is -3.67. The third-order valence-corrected chi connectivity index (χ3v) is 6.91. The number of benzene rings is 2. The minimum atomic E-state index is -2.59. The highest BCUT2D eigenvalue weighted by atomic mass is 19.3. The van der Waals surface area contributed by atoms with Gasteiger partial charge in [-0.2, -0.15) is 5.10 Å². The van der Waals surface area contributed by atoms with Crippen LogP contribution in [0.25, 0.3) is 33.2 Å². The molecule has 0 spiro atoms. The van der Waals surface area contributed by atoms with Crippen molar-refractivity contribution in [1.82, 2.24) is 14.3 Å². The van der Waals surface area contributed by atoms with Gasteiger partial charge in [0.2, 0.25) is 0 Å². The molecule has 0 radical (unpaired) electrons. The first-order chi connectivity index (χ1) is 16.7. The summed E-state index contributed by atoms with van der Waals surface area (Å²) >= 11 is 0. The van der Waals surface area contributed by atoms with Gasteiger partial charge in [-0.05, 0) is 73.2 Å². The van der Waals surface area contributed by atoms with Crippen LogP contribution in [-0.2, 0) is 20.5 Å². The second-order valence-electron chi connectivity index (χ2n) is 9.63. The lowest BCUT2D eigenvalue weighted by Gasteiger charge is -2.33. The molecule has 0 aliphatic carbocycles. The van der Waals surface area contributed by atoms with Crippen LogP contribution >= 0.6 is 0 Å². The molecule has 0 N–H and O–H groups in total. The number of aromatic nitrogens is 3. The van der Waals surface area contributed by atoms with Crippen molar-refractivity contribution in [3.8, 4) is 11.1 Å². The summed E-state index contributed by atoms with van der Waals surface area (Å²) < 4.78 is 32.3. The maximum Gasteiger partial charge on any atom is 0.264 e. The third kappa shape index (κ3) is 3.87. The number of rotatable bonds is 5.